The number of ether oxygens (including phenoxy) is 1. The van der Waals surface area contributed by atoms with Crippen molar-refractivity contribution >= 4 is 0 Å². The van der Waals surface area contributed by atoms with Gasteiger partial charge in [0, 0.05) is 12.6 Å². The van der Waals surface area contributed by atoms with Gasteiger partial charge in [-0.3, -0.25) is 10.5 Å². The summed E-state index contributed by atoms with van der Waals surface area (Å²) in [4.78, 5) is 2.31. The van der Waals surface area contributed by atoms with Crippen LogP contribution >= 0.6 is 0 Å². The van der Waals surface area contributed by atoms with Crippen LogP contribution in [0.5, 0.6) is 5.75 Å². The molecular formula is C14H27N5O. The first kappa shape index (κ1) is 15.3. The van der Waals surface area contributed by atoms with Crippen molar-refractivity contribution in [2.45, 2.75) is 43.7 Å². The van der Waals surface area contributed by atoms with Gasteiger partial charge in [0.15, 0.2) is 5.75 Å². The fraction of sp³-hybridized carbons (Fsp3) is 0.786. The van der Waals surface area contributed by atoms with E-state index >= 15 is 0 Å². The van der Waals surface area contributed by atoms with Crippen LogP contribution < -0.4 is 16.0 Å². The Labute approximate surface area is 121 Å². The smallest absolute Gasteiger partial charge is 0.161 e. The Kier molecular flexibility index (Phi) is 4.67. The Morgan fingerprint density at radius 1 is 1.40 bits per heavy atom. The SMILES string of the molecule is COc1cnn(C)c1C(NN)C1(N(C)C)CCCCC1. The Balaban J connectivity index is 2.45. The molecule has 114 valence electrons. The monoisotopic (exact) mass is 281 g/mol. The molecule has 1 unspecified atom stereocenters. The van der Waals surface area contributed by atoms with Crippen LogP contribution in [0.2, 0.25) is 0 Å². The molecule has 6 nitrogen and oxygen atoms in total. The molecule has 20 heavy (non-hydrogen) atoms. The fourth-order valence-corrected chi connectivity index (χ4v) is 3.56. The van der Waals surface area contributed by atoms with Gasteiger partial charge < -0.3 is 9.64 Å². The van der Waals surface area contributed by atoms with Crippen LogP contribution in [0.15, 0.2) is 6.20 Å². The summed E-state index contributed by atoms with van der Waals surface area (Å²) in [6.07, 6.45) is 7.78. The minimum atomic E-state index is 0.000231. The van der Waals surface area contributed by atoms with Crippen molar-refractivity contribution in [3.05, 3.63) is 11.9 Å². The summed E-state index contributed by atoms with van der Waals surface area (Å²) in [7, 11) is 7.89. The summed E-state index contributed by atoms with van der Waals surface area (Å²) in [6.45, 7) is 0. The van der Waals surface area contributed by atoms with Crippen molar-refractivity contribution in [3.8, 4) is 5.75 Å². The number of nitrogens with zero attached hydrogens (tertiary/aromatic N) is 3. The molecular weight excluding hydrogens is 254 g/mol. The normalized spacial score (nSPS) is 20.1. The van der Waals surface area contributed by atoms with E-state index in [-0.39, 0.29) is 11.6 Å². The zero-order valence-electron chi connectivity index (χ0n) is 13.0. The maximum absolute atomic E-state index is 5.94. The van der Waals surface area contributed by atoms with Gasteiger partial charge in [-0.15, -0.1) is 0 Å². The number of hydrogen-bond donors (Lipinski definition) is 2. The highest BCUT2D eigenvalue weighted by atomic mass is 16.5. The van der Waals surface area contributed by atoms with Crippen molar-refractivity contribution in [3.63, 3.8) is 0 Å². The summed E-state index contributed by atoms with van der Waals surface area (Å²) in [6, 6.07) is 0.000231. The molecule has 1 saturated carbocycles. The zero-order chi connectivity index (χ0) is 14.8. The standard InChI is InChI=1S/C14H27N5O/c1-18(2)14(8-6-5-7-9-14)13(17-15)12-11(20-4)10-16-19(12)3/h10,13,17H,5-9,15H2,1-4H3. The maximum Gasteiger partial charge on any atom is 0.161 e. The Morgan fingerprint density at radius 3 is 2.55 bits per heavy atom. The summed E-state index contributed by atoms with van der Waals surface area (Å²) in [5.41, 5.74) is 4.06. The quantitative estimate of drug-likeness (QED) is 0.627. The van der Waals surface area contributed by atoms with E-state index in [1.54, 1.807) is 13.3 Å². The Hall–Kier alpha value is -1.11. The summed E-state index contributed by atoms with van der Waals surface area (Å²) >= 11 is 0. The molecule has 1 heterocycles. The predicted molar refractivity (Wildman–Crippen MR) is 79.3 cm³/mol. The number of nitrogens with one attached hydrogen (secondary N) is 1. The van der Waals surface area contributed by atoms with Gasteiger partial charge in [0.2, 0.25) is 0 Å². The number of aromatic nitrogens is 2. The number of hydrazine groups is 1. The van der Waals surface area contributed by atoms with Crippen molar-refractivity contribution in [2.75, 3.05) is 21.2 Å². The Bertz CT molecular complexity index is 437. The van der Waals surface area contributed by atoms with E-state index in [0.717, 1.165) is 24.3 Å². The van der Waals surface area contributed by atoms with Crippen LogP contribution in [0.1, 0.15) is 43.8 Å². The van der Waals surface area contributed by atoms with E-state index in [2.05, 4.69) is 29.5 Å². The van der Waals surface area contributed by atoms with E-state index in [9.17, 15) is 0 Å². The fourth-order valence-electron chi connectivity index (χ4n) is 3.56. The van der Waals surface area contributed by atoms with Gasteiger partial charge in [-0.1, -0.05) is 19.3 Å². The van der Waals surface area contributed by atoms with E-state index in [4.69, 9.17) is 10.6 Å². The van der Waals surface area contributed by atoms with Gasteiger partial charge in [-0.2, -0.15) is 5.10 Å². The van der Waals surface area contributed by atoms with Gasteiger partial charge in [-0.05, 0) is 26.9 Å². The van der Waals surface area contributed by atoms with Gasteiger partial charge in [0.1, 0.15) is 5.69 Å². The largest absolute Gasteiger partial charge is 0.493 e. The van der Waals surface area contributed by atoms with E-state index in [0.29, 0.717) is 0 Å². The molecule has 0 spiro atoms. The van der Waals surface area contributed by atoms with Gasteiger partial charge in [-0.25, -0.2) is 5.43 Å². The molecule has 3 N–H and O–H groups in total. The van der Waals surface area contributed by atoms with E-state index in [1.807, 2.05) is 11.7 Å². The molecule has 0 saturated heterocycles. The van der Waals surface area contributed by atoms with Crippen LogP contribution in [0.25, 0.3) is 0 Å². The molecule has 0 bridgehead atoms. The second kappa shape index (κ2) is 6.11. The first-order valence-corrected chi connectivity index (χ1v) is 7.26. The third-order valence-electron chi connectivity index (χ3n) is 4.76. The van der Waals surface area contributed by atoms with Gasteiger partial charge in [0.25, 0.3) is 0 Å². The lowest BCUT2D eigenvalue weighted by molar-refractivity contribution is 0.0523. The van der Waals surface area contributed by atoms with E-state index in [1.165, 1.54) is 19.3 Å². The van der Waals surface area contributed by atoms with Crippen LogP contribution in [-0.4, -0.2) is 41.4 Å². The van der Waals surface area contributed by atoms with Crippen LogP contribution in [0.4, 0.5) is 0 Å². The molecule has 6 heteroatoms. The minimum absolute atomic E-state index is 0.000231. The lowest BCUT2D eigenvalue weighted by Crippen LogP contribution is -2.56. The van der Waals surface area contributed by atoms with Crippen molar-refractivity contribution in [1.29, 1.82) is 0 Å². The molecule has 0 amide bonds. The summed E-state index contributed by atoms with van der Waals surface area (Å²) in [5.74, 6) is 6.73. The minimum Gasteiger partial charge on any atom is -0.493 e. The molecule has 1 aliphatic carbocycles. The van der Waals surface area contributed by atoms with Crippen LogP contribution in [-0.2, 0) is 7.05 Å². The second-order valence-corrected chi connectivity index (χ2v) is 5.88. The highest BCUT2D eigenvalue weighted by Gasteiger charge is 2.44. The van der Waals surface area contributed by atoms with Crippen molar-refractivity contribution < 1.29 is 4.74 Å². The number of aryl methyl sites for hydroxylation is 1. The van der Waals surface area contributed by atoms with Crippen molar-refractivity contribution in [2.24, 2.45) is 12.9 Å². The molecule has 0 aromatic carbocycles. The predicted octanol–water partition coefficient (Wildman–Crippen LogP) is 1.20. The second-order valence-electron chi connectivity index (χ2n) is 5.88. The summed E-state index contributed by atoms with van der Waals surface area (Å²) in [5, 5.41) is 4.32. The van der Waals surface area contributed by atoms with Crippen molar-refractivity contribution in [1.82, 2.24) is 20.1 Å². The van der Waals surface area contributed by atoms with Gasteiger partial charge in [0.05, 0.1) is 19.3 Å². The maximum atomic E-state index is 5.94. The molecule has 1 aromatic heterocycles. The number of rotatable bonds is 5. The topological polar surface area (TPSA) is 68.3 Å². The number of hydrogen-bond acceptors (Lipinski definition) is 5. The van der Waals surface area contributed by atoms with E-state index < -0.39 is 0 Å². The molecule has 1 aliphatic rings. The third kappa shape index (κ3) is 2.43. The average Bonchev–Trinajstić information content (AvgIpc) is 2.82. The first-order valence-electron chi connectivity index (χ1n) is 7.26. The molecule has 1 atom stereocenters. The molecule has 0 radical (unpaired) electrons. The van der Waals surface area contributed by atoms with Gasteiger partial charge >= 0.3 is 0 Å². The molecule has 0 aliphatic heterocycles. The molecule has 1 fully saturated rings. The molecule has 1 aromatic rings. The highest BCUT2D eigenvalue weighted by Crippen LogP contribution is 2.43. The lowest BCUT2D eigenvalue weighted by Gasteiger charge is -2.48. The highest BCUT2D eigenvalue weighted by molar-refractivity contribution is 5.31. The lowest BCUT2D eigenvalue weighted by atomic mass is 9.74. The summed E-state index contributed by atoms with van der Waals surface area (Å²) < 4.78 is 7.33. The number of methoxy groups -OCH3 is 1. The first-order chi connectivity index (χ1) is 9.56. The van der Waals surface area contributed by atoms with Crippen LogP contribution in [0, 0.1) is 0 Å². The average molecular weight is 281 g/mol. The number of nitrogens with two attached hydrogens (primary N) is 1. The van der Waals surface area contributed by atoms with Crippen LogP contribution in [0.3, 0.4) is 0 Å². The number of likely N-dealkylation sites (N-methyl/N-ethyl adjacent to an activating group) is 1. The Morgan fingerprint density at radius 2 is 2.05 bits per heavy atom. The molecule has 2 rings (SSSR count). The third-order valence-corrected chi connectivity index (χ3v) is 4.76. The zero-order valence-corrected chi connectivity index (χ0v) is 13.0.